The molecule has 6 heteroatoms. The third kappa shape index (κ3) is 2.08. The number of amides is 2. The zero-order valence-corrected chi connectivity index (χ0v) is 14.7. The van der Waals surface area contributed by atoms with Crippen LogP contribution < -0.4 is 0 Å². The molecule has 2 fully saturated rings. The number of nitrogens with zero attached hydrogens (tertiary/aromatic N) is 2. The van der Waals surface area contributed by atoms with Crippen molar-refractivity contribution in [2.24, 2.45) is 18.9 Å². The molecule has 2 amide bonds. The summed E-state index contributed by atoms with van der Waals surface area (Å²) in [6.45, 7) is 2.16. The van der Waals surface area contributed by atoms with Crippen molar-refractivity contribution < 1.29 is 19.1 Å². The molecule has 3 atom stereocenters. The topological polar surface area (TPSA) is 68.6 Å². The van der Waals surface area contributed by atoms with Gasteiger partial charge < -0.3 is 9.30 Å². The highest BCUT2D eigenvalue weighted by Gasteiger charge is 2.83. The third-order valence-corrected chi connectivity index (χ3v) is 5.43. The SMILES string of the molecule is CCOC(=O)C1C2C(=O)N(Cc3ccccc3)C(=O)C12c1cccn1C. The highest BCUT2D eigenvalue weighted by atomic mass is 16.5. The maximum Gasteiger partial charge on any atom is 0.311 e. The van der Waals surface area contributed by atoms with E-state index in [0.29, 0.717) is 5.69 Å². The first-order valence-corrected chi connectivity index (χ1v) is 8.71. The van der Waals surface area contributed by atoms with Crippen LogP contribution in [0, 0.1) is 11.8 Å². The van der Waals surface area contributed by atoms with E-state index in [1.165, 1.54) is 4.90 Å². The first kappa shape index (κ1) is 16.6. The number of ether oxygens (including phenoxy) is 1. The van der Waals surface area contributed by atoms with Gasteiger partial charge in [-0.05, 0) is 24.6 Å². The van der Waals surface area contributed by atoms with Gasteiger partial charge in [0, 0.05) is 18.9 Å². The van der Waals surface area contributed by atoms with Crippen LogP contribution in [0.25, 0.3) is 0 Å². The second-order valence-corrected chi connectivity index (χ2v) is 6.80. The van der Waals surface area contributed by atoms with Crippen LogP contribution in [0.5, 0.6) is 0 Å². The number of aromatic nitrogens is 1. The number of carbonyl (C=O) groups is 3. The molecule has 6 nitrogen and oxygen atoms in total. The van der Waals surface area contributed by atoms with Crippen LogP contribution in [-0.4, -0.2) is 33.9 Å². The summed E-state index contributed by atoms with van der Waals surface area (Å²) in [7, 11) is 1.82. The van der Waals surface area contributed by atoms with Crippen LogP contribution in [0.15, 0.2) is 48.7 Å². The Labute approximate surface area is 151 Å². The van der Waals surface area contributed by atoms with Gasteiger partial charge in [0.25, 0.3) is 0 Å². The number of hydrogen-bond acceptors (Lipinski definition) is 4. The largest absolute Gasteiger partial charge is 0.466 e. The molecule has 26 heavy (non-hydrogen) atoms. The molecule has 0 N–H and O–H groups in total. The molecule has 1 aliphatic heterocycles. The fourth-order valence-corrected chi connectivity index (χ4v) is 4.27. The van der Waals surface area contributed by atoms with Gasteiger partial charge in [0.1, 0.15) is 5.41 Å². The summed E-state index contributed by atoms with van der Waals surface area (Å²) >= 11 is 0. The predicted octanol–water partition coefficient (Wildman–Crippen LogP) is 1.64. The molecule has 2 aromatic rings. The van der Waals surface area contributed by atoms with Gasteiger partial charge in [-0.15, -0.1) is 0 Å². The molecule has 2 heterocycles. The lowest BCUT2D eigenvalue weighted by Gasteiger charge is -2.22. The Morgan fingerprint density at radius 3 is 2.50 bits per heavy atom. The number of benzene rings is 1. The van der Waals surface area contributed by atoms with Gasteiger partial charge in [0.2, 0.25) is 11.8 Å². The van der Waals surface area contributed by atoms with Gasteiger partial charge in [0.15, 0.2) is 0 Å². The second kappa shape index (κ2) is 5.83. The van der Waals surface area contributed by atoms with E-state index in [1.807, 2.05) is 60.3 Å². The first-order chi connectivity index (χ1) is 12.5. The maximum atomic E-state index is 13.3. The number of carbonyl (C=O) groups excluding carboxylic acids is 3. The molecule has 2 aliphatic rings. The highest BCUT2D eigenvalue weighted by Crippen LogP contribution is 2.66. The Morgan fingerprint density at radius 2 is 1.88 bits per heavy atom. The van der Waals surface area contributed by atoms with E-state index in [-0.39, 0.29) is 25.0 Å². The van der Waals surface area contributed by atoms with Gasteiger partial charge in [-0.3, -0.25) is 19.3 Å². The minimum Gasteiger partial charge on any atom is -0.466 e. The van der Waals surface area contributed by atoms with Crippen molar-refractivity contribution in [3.8, 4) is 0 Å². The van der Waals surface area contributed by atoms with Crippen molar-refractivity contribution in [2.75, 3.05) is 6.61 Å². The summed E-state index contributed by atoms with van der Waals surface area (Å²) in [5, 5.41) is 0. The maximum absolute atomic E-state index is 13.3. The van der Waals surface area contributed by atoms with Crippen molar-refractivity contribution >= 4 is 17.8 Å². The molecule has 3 unspecified atom stereocenters. The lowest BCUT2D eigenvalue weighted by molar-refractivity contribution is -0.152. The Hall–Kier alpha value is -2.89. The molecule has 1 saturated heterocycles. The zero-order chi connectivity index (χ0) is 18.5. The molecule has 0 radical (unpaired) electrons. The molecule has 0 bridgehead atoms. The van der Waals surface area contributed by atoms with Crippen LogP contribution >= 0.6 is 0 Å². The molecule has 4 rings (SSSR count). The second-order valence-electron chi connectivity index (χ2n) is 6.80. The quantitative estimate of drug-likeness (QED) is 0.606. The van der Waals surface area contributed by atoms with Crippen molar-refractivity contribution in [2.45, 2.75) is 18.9 Å². The number of fused-ring (bicyclic) bond motifs is 1. The first-order valence-electron chi connectivity index (χ1n) is 8.71. The Morgan fingerprint density at radius 1 is 1.15 bits per heavy atom. The molecule has 1 saturated carbocycles. The zero-order valence-electron chi connectivity index (χ0n) is 14.7. The number of likely N-dealkylation sites (tertiary alicyclic amines) is 1. The van der Waals surface area contributed by atoms with E-state index in [9.17, 15) is 14.4 Å². The highest BCUT2D eigenvalue weighted by molar-refractivity contribution is 6.19. The minimum absolute atomic E-state index is 0.219. The molecular formula is C20H20N2O4. The van der Waals surface area contributed by atoms with Gasteiger partial charge in [-0.1, -0.05) is 30.3 Å². The van der Waals surface area contributed by atoms with E-state index in [0.717, 1.165) is 5.56 Å². The summed E-state index contributed by atoms with van der Waals surface area (Å²) in [6, 6.07) is 13.0. The van der Waals surface area contributed by atoms with E-state index in [4.69, 9.17) is 4.74 Å². The van der Waals surface area contributed by atoms with E-state index < -0.39 is 23.2 Å². The molecule has 134 valence electrons. The van der Waals surface area contributed by atoms with E-state index >= 15 is 0 Å². The number of rotatable bonds is 5. The summed E-state index contributed by atoms with van der Waals surface area (Å²) in [4.78, 5) is 40.0. The van der Waals surface area contributed by atoms with Crippen LogP contribution in [-0.2, 0) is 38.1 Å². The van der Waals surface area contributed by atoms with Crippen molar-refractivity contribution in [1.82, 2.24) is 9.47 Å². The Balaban J connectivity index is 1.72. The van der Waals surface area contributed by atoms with Crippen LogP contribution in [0.1, 0.15) is 18.2 Å². The lowest BCUT2D eigenvalue weighted by atomic mass is 9.97. The third-order valence-electron chi connectivity index (χ3n) is 5.43. The molecule has 1 aliphatic carbocycles. The standard InChI is InChI=1S/C20H20N2O4/c1-3-26-18(24)16-15-17(23)22(12-13-8-5-4-6-9-13)19(25)20(15,16)14-10-7-11-21(14)2/h4-11,15-16H,3,12H2,1-2H3. The predicted molar refractivity (Wildman–Crippen MR) is 92.7 cm³/mol. The van der Waals surface area contributed by atoms with Crippen LogP contribution in [0.3, 0.4) is 0 Å². The summed E-state index contributed by atoms with van der Waals surface area (Å²) in [6.07, 6.45) is 1.82. The lowest BCUT2D eigenvalue weighted by Crippen LogP contribution is -2.40. The van der Waals surface area contributed by atoms with Crippen LogP contribution in [0.4, 0.5) is 0 Å². The van der Waals surface area contributed by atoms with E-state index in [2.05, 4.69) is 0 Å². The number of esters is 1. The van der Waals surface area contributed by atoms with Crippen molar-refractivity contribution in [3.63, 3.8) is 0 Å². The molecule has 1 aromatic carbocycles. The van der Waals surface area contributed by atoms with E-state index in [1.54, 1.807) is 6.92 Å². The number of piperidine rings is 1. The summed E-state index contributed by atoms with van der Waals surface area (Å²) in [5.74, 6) is -2.48. The number of hydrogen-bond donors (Lipinski definition) is 0. The minimum atomic E-state index is -1.13. The monoisotopic (exact) mass is 352 g/mol. The number of imide groups is 1. The molecule has 0 spiro atoms. The summed E-state index contributed by atoms with van der Waals surface area (Å²) in [5.41, 5.74) is 0.441. The fourth-order valence-electron chi connectivity index (χ4n) is 4.27. The van der Waals surface area contributed by atoms with Crippen molar-refractivity contribution in [3.05, 3.63) is 59.9 Å². The van der Waals surface area contributed by atoms with Crippen LogP contribution in [0.2, 0.25) is 0 Å². The normalized spacial score (nSPS) is 26.8. The smallest absolute Gasteiger partial charge is 0.311 e. The Bertz CT molecular complexity index is 888. The van der Waals surface area contributed by atoms with Gasteiger partial charge in [-0.25, -0.2) is 0 Å². The average molecular weight is 352 g/mol. The molecular weight excluding hydrogens is 332 g/mol. The van der Waals surface area contributed by atoms with Gasteiger partial charge >= 0.3 is 5.97 Å². The van der Waals surface area contributed by atoms with Crippen molar-refractivity contribution in [1.29, 1.82) is 0 Å². The van der Waals surface area contributed by atoms with Gasteiger partial charge in [-0.2, -0.15) is 0 Å². The molecule has 1 aromatic heterocycles. The number of aryl methyl sites for hydroxylation is 1. The average Bonchev–Trinajstić information content (AvgIpc) is 3.08. The fraction of sp³-hybridized carbons (Fsp3) is 0.350. The summed E-state index contributed by atoms with van der Waals surface area (Å²) < 4.78 is 6.95. The Kier molecular flexibility index (Phi) is 3.72. The van der Waals surface area contributed by atoms with Gasteiger partial charge in [0.05, 0.1) is 25.0 Å².